The topological polar surface area (TPSA) is 49.4 Å². The molecular weight excluding hydrogens is 228 g/mol. The summed E-state index contributed by atoms with van der Waals surface area (Å²) in [6, 6.07) is -0.329. The van der Waals surface area contributed by atoms with Crippen LogP contribution in [0, 0.1) is 5.92 Å². The Morgan fingerprint density at radius 2 is 1.83 bits per heavy atom. The van der Waals surface area contributed by atoms with Crippen molar-refractivity contribution < 1.29 is 9.59 Å². The number of nitrogens with zero attached hydrogens (tertiary/aromatic N) is 1. The van der Waals surface area contributed by atoms with E-state index in [2.05, 4.69) is 5.32 Å². The molecule has 4 nitrogen and oxygen atoms in total. The summed E-state index contributed by atoms with van der Waals surface area (Å²) < 4.78 is 0. The number of amides is 2. The van der Waals surface area contributed by atoms with Gasteiger partial charge in [0.1, 0.15) is 11.6 Å². The maximum Gasteiger partial charge on any atom is 0.246 e. The molecule has 0 spiro atoms. The van der Waals surface area contributed by atoms with Crippen molar-refractivity contribution in [3.8, 4) is 0 Å². The molecule has 0 aromatic rings. The lowest BCUT2D eigenvalue weighted by molar-refractivity contribution is -0.160. The van der Waals surface area contributed by atoms with E-state index in [-0.39, 0.29) is 29.8 Å². The first-order valence-electron chi connectivity index (χ1n) is 6.93. The van der Waals surface area contributed by atoms with E-state index in [0.29, 0.717) is 6.42 Å². The predicted molar refractivity (Wildman–Crippen MR) is 72.1 cm³/mol. The summed E-state index contributed by atoms with van der Waals surface area (Å²) in [5.74, 6) is 0.205. The first-order valence-corrected chi connectivity index (χ1v) is 6.93. The van der Waals surface area contributed by atoms with Crippen LogP contribution in [0.25, 0.3) is 0 Å². The van der Waals surface area contributed by atoms with E-state index in [9.17, 15) is 9.59 Å². The Hall–Kier alpha value is -1.06. The Morgan fingerprint density at radius 1 is 1.28 bits per heavy atom. The molecule has 1 fully saturated rings. The van der Waals surface area contributed by atoms with Gasteiger partial charge < -0.3 is 10.2 Å². The van der Waals surface area contributed by atoms with Gasteiger partial charge in [-0.05, 0) is 33.1 Å². The summed E-state index contributed by atoms with van der Waals surface area (Å²) in [5.41, 5.74) is -0.713. The Bertz CT molecular complexity index is 341. The van der Waals surface area contributed by atoms with E-state index in [4.69, 9.17) is 0 Å². The molecule has 0 radical (unpaired) electrons. The van der Waals surface area contributed by atoms with E-state index in [1.807, 2.05) is 41.5 Å². The molecule has 1 saturated heterocycles. The molecule has 1 aliphatic rings. The van der Waals surface area contributed by atoms with Crippen molar-refractivity contribution >= 4 is 11.8 Å². The van der Waals surface area contributed by atoms with Gasteiger partial charge in [-0.15, -0.1) is 0 Å². The lowest BCUT2D eigenvalue weighted by Gasteiger charge is -2.49. The molecule has 104 valence electrons. The summed E-state index contributed by atoms with van der Waals surface area (Å²) in [4.78, 5) is 26.7. The third kappa shape index (κ3) is 2.25. The lowest BCUT2D eigenvalue weighted by atomic mass is 9.85. The van der Waals surface area contributed by atoms with Crippen LogP contribution in [0.4, 0.5) is 0 Å². The SMILES string of the molecule is CCC(C)C1NC(=O)C(C)(CC)N(C(C)C)C1=O. The largest absolute Gasteiger partial charge is 0.342 e. The van der Waals surface area contributed by atoms with Gasteiger partial charge in [0, 0.05) is 6.04 Å². The van der Waals surface area contributed by atoms with Gasteiger partial charge >= 0.3 is 0 Å². The van der Waals surface area contributed by atoms with Gasteiger partial charge in [0.25, 0.3) is 0 Å². The first-order chi connectivity index (χ1) is 8.29. The molecule has 0 bridgehead atoms. The molecule has 2 amide bonds. The van der Waals surface area contributed by atoms with E-state index in [0.717, 1.165) is 6.42 Å². The van der Waals surface area contributed by atoms with Gasteiger partial charge in [-0.25, -0.2) is 0 Å². The molecular formula is C14H26N2O2. The maximum absolute atomic E-state index is 12.6. The number of hydrogen-bond donors (Lipinski definition) is 1. The first kappa shape index (κ1) is 15.0. The molecule has 3 atom stereocenters. The zero-order valence-electron chi connectivity index (χ0n) is 12.4. The summed E-state index contributed by atoms with van der Waals surface area (Å²) in [7, 11) is 0. The standard InChI is InChI=1S/C14H26N2O2/c1-7-10(5)11-12(17)16(9(3)4)14(6,8-2)13(18)15-11/h9-11H,7-8H2,1-6H3,(H,15,18). The van der Waals surface area contributed by atoms with Crippen LogP contribution in [0.5, 0.6) is 0 Å². The van der Waals surface area contributed by atoms with E-state index >= 15 is 0 Å². The minimum atomic E-state index is -0.713. The molecule has 1 aliphatic heterocycles. The summed E-state index contributed by atoms with van der Waals surface area (Å²) >= 11 is 0. The molecule has 0 aliphatic carbocycles. The molecule has 4 heteroatoms. The van der Waals surface area contributed by atoms with Crippen molar-refractivity contribution in [2.45, 2.75) is 72.0 Å². The van der Waals surface area contributed by atoms with Gasteiger partial charge in [0.15, 0.2) is 0 Å². The van der Waals surface area contributed by atoms with E-state index in [1.54, 1.807) is 4.90 Å². The number of hydrogen-bond acceptors (Lipinski definition) is 2. The quantitative estimate of drug-likeness (QED) is 0.833. The smallest absolute Gasteiger partial charge is 0.246 e. The fraction of sp³-hybridized carbons (Fsp3) is 0.857. The zero-order valence-corrected chi connectivity index (χ0v) is 12.4. The second-order valence-electron chi connectivity index (χ2n) is 5.77. The van der Waals surface area contributed by atoms with Crippen molar-refractivity contribution in [1.82, 2.24) is 10.2 Å². The maximum atomic E-state index is 12.6. The van der Waals surface area contributed by atoms with Crippen LogP contribution in [-0.4, -0.2) is 34.3 Å². The van der Waals surface area contributed by atoms with Crippen LogP contribution in [0.15, 0.2) is 0 Å². The molecule has 1 heterocycles. The average molecular weight is 254 g/mol. The fourth-order valence-corrected chi connectivity index (χ4v) is 2.64. The molecule has 0 saturated carbocycles. The highest BCUT2D eigenvalue weighted by Crippen LogP contribution is 2.29. The van der Waals surface area contributed by atoms with Gasteiger partial charge in [-0.1, -0.05) is 27.2 Å². The Labute approximate surface area is 110 Å². The number of carbonyl (C=O) groups excluding carboxylic acids is 2. The number of rotatable bonds is 4. The highest BCUT2D eigenvalue weighted by atomic mass is 16.2. The lowest BCUT2D eigenvalue weighted by Crippen LogP contribution is -2.71. The predicted octanol–water partition coefficient (Wildman–Crippen LogP) is 1.94. The highest BCUT2D eigenvalue weighted by Gasteiger charge is 2.50. The van der Waals surface area contributed by atoms with Crippen molar-refractivity contribution in [1.29, 1.82) is 0 Å². The van der Waals surface area contributed by atoms with Crippen molar-refractivity contribution in [3.63, 3.8) is 0 Å². The minimum Gasteiger partial charge on any atom is -0.342 e. The number of carbonyl (C=O) groups is 2. The summed E-state index contributed by atoms with van der Waals surface area (Å²) in [6.07, 6.45) is 1.52. The van der Waals surface area contributed by atoms with Crippen molar-refractivity contribution in [2.24, 2.45) is 5.92 Å². The van der Waals surface area contributed by atoms with Crippen LogP contribution in [-0.2, 0) is 9.59 Å². The summed E-state index contributed by atoms with van der Waals surface area (Å²) in [6.45, 7) is 11.8. The van der Waals surface area contributed by atoms with Crippen LogP contribution in [0.3, 0.4) is 0 Å². The van der Waals surface area contributed by atoms with Crippen LogP contribution in [0.1, 0.15) is 54.4 Å². The Morgan fingerprint density at radius 3 is 2.22 bits per heavy atom. The Balaban J connectivity index is 3.13. The van der Waals surface area contributed by atoms with E-state index in [1.165, 1.54) is 0 Å². The van der Waals surface area contributed by atoms with Gasteiger partial charge in [0.2, 0.25) is 11.8 Å². The second-order valence-corrected chi connectivity index (χ2v) is 5.77. The van der Waals surface area contributed by atoms with Crippen molar-refractivity contribution in [2.75, 3.05) is 0 Å². The number of piperazine rings is 1. The Kier molecular flexibility index (Phi) is 4.41. The summed E-state index contributed by atoms with van der Waals surface area (Å²) in [5, 5.41) is 2.91. The van der Waals surface area contributed by atoms with Gasteiger partial charge in [0.05, 0.1) is 0 Å². The van der Waals surface area contributed by atoms with Crippen molar-refractivity contribution in [3.05, 3.63) is 0 Å². The van der Waals surface area contributed by atoms with E-state index < -0.39 is 5.54 Å². The van der Waals surface area contributed by atoms with Crippen LogP contribution < -0.4 is 5.32 Å². The normalized spacial score (nSPS) is 30.6. The third-order valence-corrected chi connectivity index (χ3v) is 4.23. The molecule has 18 heavy (non-hydrogen) atoms. The molecule has 0 aromatic heterocycles. The average Bonchev–Trinajstić information content (AvgIpc) is 2.32. The fourth-order valence-electron chi connectivity index (χ4n) is 2.64. The van der Waals surface area contributed by atoms with Gasteiger partial charge in [-0.3, -0.25) is 9.59 Å². The van der Waals surface area contributed by atoms with Crippen LogP contribution in [0.2, 0.25) is 0 Å². The molecule has 1 N–H and O–H groups in total. The molecule has 1 rings (SSSR count). The monoisotopic (exact) mass is 254 g/mol. The van der Waals surface area contributed by atoms with Crippen LogP contribution >= 0.6 is 0 Å². The zero-order chi connectivity index (χ0) is 14.1. The second kappa shape index (κ2) is 5.29. The minimum absolute atomic E-state index is 0.0244. The highest BCUT2D eigenvalue weighted by molar-refractivity contribution is 5.99. The number of nitrogens with one attached hydrogen (secondary N) is 1. The molecule has 0 aromatic carbocycles. The van der Waals surface area contributed by atoms with Gasteiger partial charge in [-0.2, -0.15) is 0 Å². The molecule has 3 unspecified atom stereocenters. The third-order valence-electron chi connectivity index (χ3n) is 4.23.